The predicted octanol–water partition coefficient (Wildman–Crippen LogP) is 4.59. The molecule has 24 heavy (non-hydrogen) atoms. The molecule has 0 aliphatic heterocycles. The lowest BCUT2D eigenvalue weighted by Gasteiger charge is -2.43. The number of halogens is 1. The molecule has 0 N–H and O–H groups in total. The van der Waals surface area contributed by atoms with E-state index >= 15 is 0 Å². The minimum Gasteiger partial charge on any atom is -0.407 e. The topological polar surface area (TPSA) is 9.23 Å². The Hall–Kier alpha value is -0.903. The molecule has 1 nitrogen and oxygen atoms in total. The van der Waals surface area contributed by atoms with Gasteiger partial charge in [-0.2, -0.15) is 0 Å². The van der Waals surface area contributed by atoms with Gasteiger partial charge in [-0.3, -0.25) is 0 Å². The van der Waals surface area contributed by atoms with Crippen LogP contribution in [0.5, 0.6) is 0 Å². The quantitative estimate of drug-likeness (QED) is 0.506. The number of alkyl halides is 1. The van der Waals surface area contributed by atoms with E-state index in [9.17, 15) is 0 Å². The summed E-state index contributed by atoms with van der Waals surface area (Å²) in [5.74, 6) is 1.51. The van der Waals surface area contributed by atoms with Gasteiger partial charge < -0.3 is 4.43 Å². The van der Waals surface area contributed by atoms with Crippen LogP contribution in [-0.2, 0) is 4.43 Å². The Kier molecular flexibility index (Phi) is 5.33. The van der Waals surface area contributed by atoms with Gasteiger partial charge in [-0.1, -0.05) is 97.4 Å². The zero-order valence-corrected chi connectivity index (χ0v) is 17.4. The van der Waals surface area contributed by atoms with E-state index in [1.807, 2.05) is 0 Å². The molecule has 0 unspecified atom stereocenters. The summed E-state index contributed by atoms with van der Waals surface area (Å²) in [6, 6.07) is 21.8. The van der Waals surface area contributed by atoms with E-state index in [0.29, 0.717) is 5.92 Å². The van der Waals surface area contributed by atoms with Crippen molar-refractivity contribution < 1.29 is 4.43 Å². The van der Waals surface area contributed by atoms with E-state index in [1.54, 1.807) is 0 Å². The van der Waals surface area contributed by atoms with Crippen molar-refractivity contribution in [3.8, 4) is 0 Å². The van der Waals surface area contributed by atoms with Gasteiger partial charge in [0.05, 0.1) is 0 Å². The maximum Gasteiger partial charge on any atom is 0.261 e. The molecule has 0 saturated heterocycles. The highest BCUT2D eigenvalue weighted by Gasteiger charge is 2.51. The molecule has 1 fully saturated rings. The number of benzene rings is 2. The normalized spacial score (nSPS) is 20.8. The Bertz CT molecular complexity index is 611. The molecule has 1 aliphatic rings. The van der Waals surface area contributed by atoms with Gasteiger partial charge in [0.15, 0.2) is 0 Å². The SMILES string of the molecule is CC(C)(C)[Si](OC[C@@H]1C[C@@H]1CBr)(c1ccccc1)c1ccccc1. The standard InChI is InChI=1S/C21H27BrOSi/c1-21(2,3)24(19-10-6-4-7-11-19,20-12-8-5-9-13-20)23-16-18-14-17(18)15-22/h4-13,17-18H,14-16H2,1-3H3/t17-,18+/m1/s1. The molecule has 1 saturated carbocycles. The molecule has 0 spiro atoms. The van der Waals surface area contributed by atoms with Crippen LogP contribution in [0.1, 0.15) is 27.2 Å². The average Bonchev–Trinajstić information content (AvgIpc) is 3.35. The van der Waals surface area contributed by atoms with Crippen LogP contribution in [0.15, 0.2) is 60.7 Å². The van der Waals surface area contributed by atoms with Gasteiger partial charge in [-0.15, -0.1) is 0 Å². The molecule has 128 valence electrons. The molecule has 0 bridgehead atoms. The Morgan fingerprint density at radius 3 is 1.79 bits per heavy atom. The first-order valence-corrected chi connectivity index (χ1v) is 11.8. The first kappa shape index (κ1) is 17.9. The minimum atomic E-state index is -2.33. The van der Waals surface area contributed by atoms with Crippen LogP contribution < -0.4 is 10.4 Å². The second-order valence-electron chi connectivity index (χ2n) is 7.88. The van der Waals surface area contributed by atoms with Gasteiger partial charge in [0, 0.05) is 11.9 Å². The van der Waals surface area contributed by atoms with Gasteiger partial charge in [0.2, 0.25) is 0 Å². The van der Waals surface area contributed by atoms with Crippen molar-refractivity contribution in [1.82, 2.24) is 0 Å². The van der Waals surface area contributed by atoms with E-state index < -0.39 is 8.32 Å². The lowest BCUT2D eigenvalue weighted by atomic mass is 10.2. The van der Waals surface area contributed by atoms with Crippen LogP contribution in [0.4, 0.5) is 0 Å². The fraction of sp³-hybridized carbons (Fsp3) is 0.429. The van der Waals surface area contributed by atoms with Crippen LogP contribution in [0.2, 0.25) is 5.04 Å². The molecule has 2 atom stereocenters. The third kappa shape index (κ3) is 3.40. The maximum absolute atomic E-state index is 6.94. The fourth-order valence-corrected chi connectivity index (χ4v) is 9.11. The second-order valence-corrected chi connectivity index (χ2v) is 12.8. The van der Waals surface area contributed by atoms with Crippen LogP contribution in [-0.4, -0.2) is 20.3 Å². The summed E-state index contributed by atoms with van der Waals surface area (Å²) < 4.78 is 6.94. The van der Waals surface area contributed by atoms with Crippen LogP contribution in [0.3, 0.4) is 0 Å². The van der Waals surface area contributed by atoms with Gasteiger partial charge in [0.25, 0.3) is 8.32 Å². The van der Waals surface area contributed by atoms with E-state index in [4.69, 9.17) is 4.43 Å². The summed E-state index contributed by atoms with van der Waals surface area (Å²) in [5.41, 5.74) is 0. The highest BCUT2D eigenvalue weighted by atomic mass is 79.9. The molecule has 2 aromatic carbocycles. The van der Waals surface area contributed by atoms with Crippen molar-refractivity contribution in [2.24, 2.45) is 11.8 Å². The Morgan fingerprint density at radius 2 is 1.42 bits per heavy atom. The van der Waals surface area contributed by atoms with Crippen molar-refractivity contribution in [3.63, 3.8) is 0 Å². The largest absolute Gasteiger partial charge is 0.407 e. The molecule has 3 rings (SSSR count). The van der Waals surface area contributed by atoms with Crippen LogP contribution >= 0.6 is 15.9 Å². The molecule has 2 aromatic rings. The van der Waals surface area contributed by atoms with Crippen molar-refractivity contribution in [3.05, 3.63) is 60.7 Å². The Labute approximate surface area is 155 Å². The highest BCUT2D eigenvalue weighted by Crippen LogP contribution is 2.43. The van der Waals surface area contributed by atoms with Gasteiger partial charge in [-0.05, 0) is 33.7 Å². The smallest absolute Gasteiger partial charge is 0.261 e. The Balaban J connectivity index is 2.04. The molecule has 0 heterocycles. The molecular weight excluding hydrogens is 376 g/mol. The maximum atomic E-state index is 6.94. The average molecular weight is 403 g/mol. The molecule has 0 amide bonds. The molecule has 0 aromatic heterocycles. The van der Waals surface area contributed by atoms with E-state index in [-0.39, 0.29) is 5.04 Å². The van der Waals surface area contributed by atoms with Crippen molar-refractivity contribution in [2.45, 2.75) is 32.2 Å². The first-order chi connectivity index (χ1) is 11.5. The first-order valence-electron chi connectivity index (χ1n) is 8.80. The monoisotopic (exact) mass is 402 g/mol. The molecule has 0 radical (unpaired) electrons. The van der Waals surface area contributed by atoms with Crippen LogP contribution in [0.25, 0.3) is 0 Å². The Morgan fingerprint density at radius 1 is 0.917 bits per heavy atom. The minimum absolute atomic E-state index is 0.0779. The summed E-state index contributed by atoms with van der Waals surface area (Å²) in [6.07, 6.45) is 1.30. The predicted molar refractivity (Wildman–Crippen MR) is 109 cm³/mol. The number of hydrogen-bond acceptors (Lipinski definition) is 1. The third-order valence-corrected chi connectivity index (χ3v) is 11.0. The third-order valence-electron chi connectivity index (χ3n) is 5.20. The van der Waals surface area contributed by atoms with Gasteiger partial charge in [0.1, 0.15) is 0 Å². The summed E-state index contributed by atoms with van der Waals surface area (Å²) >= 11 is 3.62. The van der Waals surface area contributed by atoms with Crippen LogP contribution in [0, 0.1) is 11.8 Å². The summed E-state index contributed by atoms with van der Waals surface area (Å²) in [6.45, 7) is 7.90. The lowest BCUT2D eigenvalue weighted by molar-refractivity contribution is 0.276. The zero-order chi connectivity index (χ0) is 17.2. The number of rotatable bonds is 6. The van der Waals surface area contributed by atoms with Gasteiger partial charge >= 0.3 is 0 Å². The van der Waals surface area contributed by atoms with E-state index in [2.05, 4.69) is 97.4 Å². The molecular formula is C21H27BrOSi. The zero-order valence-electron chi connectivity index (χ0n) is 14.8. The fourth-order valence-electron chi connectivity index (χ4n) is 3.70. The van der Waals surface area contributed by atoms with Crippen molar-refractivity contribution in [1.29, 1.82) is 0 Å². The van der Waals surface area contributed by atoms with Gasteiger partial charge in [-0.25, -0.2) is 0 Å². The van der Waals surface area contributed by atoms with E-state index in [1.165, 1.54) is 16.8 Å². The lowest BCUT2D eigenvalue weighted by Crippen LogP contribution is -2.66. The molecule has 1 aliphatic carbocycles. The van der Waals surface area contributed by atoms with Crippen molar-refractivity contribution in [2.75, 3.05) is 11.9 Å². The van der Waals surface area contributed by atoms with Crippen molar-refractivity contribution >= 4 is 34.6 Å². The highest BCUT2D eigenvalue weighted by molar-refractivity contribution is 9.09. The molecule has 3 heteroatoms. The summed E-state index contributed by atoms with van der Waals surface area (Å²) in [5, 5.41) is 3.93. The second kappa shape index (κ2) is 7.15. The van der Waals surface area contributed by atoms with E-state index in [0.717, 1.165) is 17.9 Å². The summed E-state index contributed by atoms with van der Waals surface area (Å²) in [4.78, 5) is 0. The summed E-state index contributed by atoms with van der Waals surface area (Å²) in [7, 11) is -2.33. The number of hydrogen-bond donors (Lipinski definition) is 0.